The molecule has 7 heterocycles. The van der Waals surface area contributed by atoms with Crippen LogP contribution in [0.4, 0.5) is 5.95 Å². The number of H-pyrrole nitrogens is 3. The monoisotopic (exact) mass is 1250 g/mol. The third-order valence-electron chi connectivity index (χ3n) is 11.5. The zero-order valence-corrected chi connectivity index (χ0v) is 48.4. The first-order chi connectivity index (χ1) is 35.6. The van der Waals surface area contributed by atoms with Gasteiger partial charge < -0.3 is 76.1 Å². The van der Waals surface area contributed by atoms with Crippen LogP contribution in [0.5, 0.6) is 0 Å². The van der Waals surface area contributed by atoms with Gasteiger partial charge in [-0.25, -0.2) is 14.6 Å². The average Bonchev–Trinajstić information content (AvgIpc) is 4.11. The lowest BCUT2D eigenvalue weighted by Gasteiger charge is -2.29. The zero-order chi connectivity index (χ0) is 55.7. The number of ether oxygens (including phenoxy) is 4. The number of hydrogen-bond acceptors (Lipinski definition) is 25. The summed E-state index contributed by atoms with van der Waals surface area (Å²) in [6.45, 7) is -8.19. The van der Waals surface area contributed by atoms with Gasteiger partial charge in [-0.3, -0.25) is 47.6 Å². The quantitative estimate of drug-likeness (QED) is 0.0251. The summed E-state index contributed by atoms with van der Waals surface area (Å²) in [5.41, 5.74) is -1.20. The van der Waals surface area contributed by atoms with Gasteiger partial charge in [0.05, 0.1) is 51.1 Å². The Balaban J connectivity index is 1.11. The van der Waals surface area contributed by atoms with Crippen LogP contribution in [0.3, 0.4) is 0 Å². The topological polar surface area (TPSA) is 391 Å². The highest BCUT2D eigenvalue weighted by molar-refractivity contribution is 8.60. The van der Waals surface area contributed by atoms with E-state index in [1.807, 2.05) is 0 Å². The van der Waals surface area contributed by atoms with Gasteiger partial charge in [-0.2, -0.15) is 4.98 Å². The minimum absolute atomic E-state index is 0.00349. The maximum atomic E-state index is 13.1. The molecule has 0 bridgehead atoms. The molecule has 0 amide bonds. The maximum absolute atomic E-state index is 13.1. The number of aromatic nitrogens is 8. The number of methoxy groups -OCH3 is 1. The molecule has 3 fully saturated rings. The lowest BCUT2D eigenvalue weighted by atomic mass is 10.1. The van der Waals surface area contributed by atoms with Crippen molar-refractivity contribution in [2.45, 2.75) is 114 Å². The lowest BCUT2D eigenvalue weighted by Crippen LogP contribution is -2.40. The van der Waals surface area contributed by atoms with Crippen LogP contribution in [0, 0.1) is 13.8 Å². The highest BCUT2D eigenvalue weighted by Crippen LogP contribution is 2.58. The van der Waals surface area contributed by atoms with E-state index in [1.54, 1.807) is 13.8 Å². The lowest BCUT2D eigenvalue weighted by molar-refractivity contribution is -0.0633. The second kappa shape index (κ2) is 25.3. The summed E-state index contributed by atoms with van der Waals surface area (Å²) in [5.74, 6) is -0.184. The van der Waals surface area contributed by atoms with Gasteiger partial charge in [0.15, 0.2) is 17.4 Å². The number of hydrogen-bond donors (Lipinski definition) is 9. The summed E-state index contributed by atoms with van der Waals surface area (Å²) in [7, 11) is 1.25. The van der Waals surface area contributed by atoms with E-state index in [9.17, 15) is 43.8 Å². The van der Waals surface area contributed by atoms with Crippen LogP contribution < -0.4 is 33.8 Å². The Kier molecular flexibility index (Phi) is 20.5. The van der Waals surface area contributed by atoms with Crippen molar-refractivity contribution in [1.82, 2.24) is 38.6 Å². The number of aliphatic hydroxyl groups excluding tert-OH is 1. The molecule has 7 rings (SSSR count). The average molecular weight is 1250 g/mol. The first kappa shape index (κ1) is 61.4. The Morgan fingerprint density at radius 1 is 0.750 bits per heavy atom. The van der Waals surface area contributed by atoms with Crippen LogP contribution >= 0.6 is 38.1 Å². The highest BCUT2D eigenvalue weighted by atomic mass is 32.9. The number of fused-ring (bicyclic) bond motifs is 1. The van der Waals surface area contributed by atoms with Gasteiger partial charge >= 0.3 is 31.5 Å². The van der Waals surface area contributed by atoms with Crippen LogP contribution in [0.1, 0.15) is 62.9 Å². The van der Waals surface area contributed by atoms with Crippen molar-refractivity contribution in [3.05, 3.63) is 81.9 Å². The minimum Gasteiger partial charge on any atom is -0.396 e. The molecule has 76 heavy (non-hydrogen) atoms. The van der Waals surface area contributed by atoms with E-state index in [0.717, 1.165) is 9.13 Å². The summed E-state index contributed by atoms with van der Waals surface area (Å²) in [4.78, 5) is 112. The maximum Gasteiger partial charge on any atom is 0.330 e. The summed E-state index contributed by atoms with van der Waals surface area (Å²) in [5, 5.41) is 9.25. The van der Waals surface area contributed by atoms with Gasteiger partial charge in [-0.15, -0.1) is 0 Å². The van der Waals surface area contributed by atoms with Crippen molar-refractivity contribution in [2.75, 3.05) is 45.9 Å². The molecule has 9 N–H and O–H groups in total. The van der Waals surface area contributed by atoms with E-state index in [-0.39, 0.29) is 67.3 Å². The van der Waals surface area contributed by atoms with Gasteiger partial charge in [0.25, 0.3) is 16.7 Å². The van der Waals surface area contributed by atoms with E-state index in [2.05, 4.69) is 37.2 Å². The van der Waals surface area contributed by atoms with E-state index in [4.69, 9.17) is 108 Å². The molecule has 0 radical (unpaired) electrons. The van der Waals surface area contributed by atoms with Gasteiger partial charge in [0.1, 0.15) is 43.0 Å². The number of nitrogens with two attached hydrogens (primary N) is 1. The molecule has 0 aromatic carbocycles. The first-order valence-corrected chi connectivity index (χ1v) is 34.2. The molecular formula is C37H55N9O21P4S5. The fraction of sp³-hybridized carbons (Fsp3) is 0.649. The fourth-order valence-electron chi connectivity index (χ4n) is 8.07. The number of rotatable bonds is 25. The Hall–Kier alpha value is -2.18. The molecular weight excluding hydrogens is 1190 g/mol. The molecule has 7 unspecified atom stereocenters. The molecule has 3 aliphatic rings. The van der Waals surface area contributed by atoms with Crippen molar-refractivity contribution in [3.63, 3.8) is 0 Å². The number of thiol groups is 1. The number of nitrogen functional groups attached to an aromatic ring is 1. The first-order valence-electron chi connectivity index (χ1n) is 22.7. The number of nitrogens with zero attached hydrogens (tertiary/aromatic N) is 5. The Bertz CT molecular complexity index is 3250. The van der Waals surface area contributed by atoms with E-state index < -0.39 is 135 Å². The summed E-state index contributed by atoms with van der Waals surface area (Å²) < 4.78 is 74.6. The molecule has 0 aliphatic carbocycles. The molecule has 14 atom stereocenters. The molecule has 30 nitrogen and oxygen atoms in total. The van der Waals surface area contributed by atoms with E-state index >= 15 is 0 Å². The molecule has 0 spiro atoms. The van der Waals surface area contributed by atoms with Crippen LogP contribution in [-0.2, 0) is 102 Å². The van der Waals surface area contributed by atoms with Gasteiger partial charge in [-0.1, -0.05) is 12.2 Å². The molecule has 424 valence electrons. The summed E-state index contributed by atoms with van der Waals surface area (Å²) in [6.07, 6.45) is -8.82. The van der Waals surface area contributed by atoms with Gasteiger partial charge in [0, 0.05) is 50.1 Å². The Labute approximate surface area is 455 Å². The zero-order valence-electron chi connectivity index (χ0n) is 40.7. The van der Waals surface area contributed by atoms with E-state index in [0.29, 0.717) is 0 Å². The van der Waals surface area contributed by atoms with Crippen molar-refractivity contribution in [1.29, 1.82) is 0 Å². The van der Waals surface area contributed by atoms with Crippen molar-refractivity contribution >= 4 is 102 Å². The number of aromatic amines is 3. The van der Waals surface area contributed by atoms with E-state index in [1.165, 1.54) is 44.2 Å². The third-order valence-corrected chi connectivity index (χ3v) is 18.6. The fourth-order valence-corrected chi connectivity index (χ4v) is 14.7. The standard InChI is InChI=1S/C37H55N9O21P4S5/c1-17(2)64-69(54,73)58-13-22-21(10-26(62-22)46-16-39-27-30(46)40-35(38)41-33(27)50)66-71(75,76)60-14-23-20(9-25(61-23)44-11-18(3)31(48)42-36(44)51)65-70(55,74)59-15-24-28(67-68(53,72)57-8-6-7-47)29(56-5)34(63-24)45-12-19(4)32(49)43-37(45)52/h11-12,16-17,20-26,28-29,34,47H,6-10,13-15H2,1-5H3,(H,53,72)(H,54,73)(H,55,74)(H,75,76)(H,42,48,51)(H,43,49,52)(H3,38,40,41,50)/t20?,21?,22-,23-,24-,25-,26-,28?,29+,34-,68?,69?,70?/m1/s1. The number of anilines is 1. The molecule has 3 saturated heterocycles. The largest absolute Gasteiger partial charge is 0.396 e. The predicted octanol–water partition coefficient (Wildman–Crippen LogP) is 0.741. The number of imidazole rings is 1. The smallest absolute Gasteiger partial charge is 0.330 e. The molecule has 39 heteroatoms. The van der Waals surface area contributed by atoms with Crippen molar-refractivity contribution in [3.8, 4) is 0 Å². The third kappa shape index (κ3) is 15.4. The second-order valence-corrected chi connectivity index (χ2v) is 31.0. The normalized spacial score (nSPS) is 28.1. The molecule has 0 saturated carbocycles. The molecule has 3 aliphatic heterocycles. The minimum atomic E-state index is -4.46. The Morgan fingerprint density at radius 3 is 1.92 bits per heavy atom. The highest BCUT2D eigenvalue weighted by Gasteiger charge is 2.51. The predicted molar refractivity (Wildman–Crippen MR) is 286 cm³/mol. The van der Waals surface area contributed by atoms with Crippen LogP contribution in [0.15, 0.2) is 42.7 Å². The molecule has 4 aromatic rings. The van der Waals surface area contributed by atoms with Crippen LogP contribution in [-0.4, -0.2) is 147 Å². The van der Waals surface area contributed by atoms with Gasteiger partial charge in [-0.05, 0) is 81.3 Å². The van der Waals surface area contributed by atoms with Crippen LogP contribution in [0.2, 0.25) is 0 Å². The Morgan fingerprint density at radius 2 is 1.30 bits per heavy atom. The SMILES string of the molecule is CO[C@H]1C(OP(O)(=S)OCCCO)[C@@H](COP(O)(=S)OC2C[C@H](n3cc(C)c(=O)[nH]c3=O)O[C@@H]2COP(=S)(S)OC2C[C@H](n3cnc4c(=O)[nH]c(N)nc43)O[C@@H]2COP(O)(=S)OC(C)C)O[C@H]1n1cc(C)c(=O)[nH]c1=O. The van der Waals surface area contributed by atoms with Crippen LogP contribution in [0.25, 0.3) is 11.2 Å². The number of aliphatic hydroxyl groups is 1. The number of nitrogens with one attached hydrogen (secondary N) is 3. The molecule has 4 aromatic heterocycles. The summed E-state index contributed by atoms with van der Waals surface area (Å²) in [6, 6.07) is 0. The summed E-state index contributed by atoms with van der Waals surface area (Å²) >= 11 is 26.3. The number of aryl methyl sites for hydroxylation is 2. The second-order valence-electron chi connectivity index (χ2n) is 17.4. The van der Waals surface area contributed by atoms with Crippen molar-refractivity contribution in [2.24, 2.45) is 0 Å². The van der Waals surface area contributed by atoms with Gasteiger partial charge in [0.2, 0.25) is 11.6 Å². The van der Waals surface area contributed by atoms with Crippen molar-refractivity contribution < 1.29 is 74.9 Å².